The molecule has 1 N–H and O–H groups in total. The van der Waals surface area contributed by atoms with E-state index in [-0.39, 0.29) is 6.04 Å². The molecule has 0 saturated carbocycles. The summed E-state index contributed by atoms with van der Waals surface area (Å²) in [7, 11) is 0. The molecule has 2 aromatic heterocycles. The molecular weight excluding hydrogens is 222 g/mol. The van der Waals surface area contributed by atoms with E-state index in [9.17, 15) is 0 Å². The maximum Gasteiger partial charge on any atom is 0.183 e. The van der Waals surface area contributed by atoms with Gasteiger partial charge in [0.15, 0.2) is 10.8 Å². The summed E-state index contributed by atoms with van der Waals surface area (Å²) in [5.74, 6) is 0.784. The smallest absolute Gasteiger partial charge is 0.183 e. The summed E-state index contributed by atoms with van der Waals surface area (Å²) >= 11 is 1.57. The summed E-state index contributed by atoms with van der Waals surface area (Å²) in [5.41, 5.74) is 0. The van der Waals surface area contributed by atoms with Crippen LogP contribution in [0.1, 0.15) is 31.3 Å². The quantitative estimate of drug-likeness (QED) is 0.868. The lowest BCUT2D eigenvalue weighted by Crippen LogP contribution is -2.18. The van der Waals surface area contributed by atoms with Crippen molar-refractivity contribution in [1.82, 2.24) is 15.5 Å². The number of rotatable bonds is 5. The van der Waals surface area contributed by atoms with E-state index in [0.29, 0.717) is 0 Å². The monoisotopic (exact) mass is 237 g/mol. The highest BCUT2D eigenvalue weighted by Gasteiger charge is 2.13. The fourth-order valence-corrected chi connectivity index (χ4v) is 2.20. The number of furan rings is 1. The molecule has 0 fully saturated rings. The summed E-state index contributed by atoms with van der Waals surface area (Å²) in [6.45, 7) is 5.24. The van der Waals surface area contributed by atoms with Gasteiger partial charge in [0, 0.05) is 0 Å². The Kier molecular flexibility index (Phi) is 3.69. The van der Waals surface area contributed by atoms with E-state index in [1.165, 1.54) is 0 Å². The highest BCUT2D eigenvalue weighted by molar-refractivity contribution is 7.14. The molecule has 0 bridgehead atoms. The molecule has 2 rings (SSSR count). The van der Waals surface area contributed by atoms with Crippen molar-refractivity contribution in [3.05, 3.63) is 23.4 Å². The summed E-state index contributed by atoms with van der Waals surface area (Å²) in [6, 6.07) is 4.00. The number of nitrogens with one attached hydrogen (secondary N) is 1. The van der Waals surface area contributed by atoms with Gasteiger partial charge in [-0.2, -0.15) is 0 Å². The van der Waals surface area contributed by atoms with Gasteiger partial charge >= 0.3 is 0 Å². The van der Waals surface area contributed by atoms with Crippen LogP contribution in [0, 0.1) is 0 Å². The minimum atomic E-state index is 0.251. The molecule has 0 aliphatic rings. The lowest BCUT2D eigenvalue weighted by atomic mass is 10.3. The third-order valence-electron chi connectivity index (χ3n) is 2.24. The second-order valence-corrected chi connectivity index (χ2v) is 4.61. The minimum absolute atomic E-state index is 0.251. The van der Waals surface area contributed by atoms with E-state index in [1.54, 1.807) is 17.6 Å². The van der Waals surface area contributed by atoms with Crippen molar-refractivity contribution in [3.8, 4) is 10.8 Å². The van der Waals surface area contributed by atoms with Gasteiger partial charge in [-0.3, -0.25) is 0 Å². The van der Waals surface area contributed by atoms with E-state index in [0.717, 1.165) is 28.7 Å². The van der Waals surface area contributed by atoms with Gasteiger partial charge in [0.1, 0.15) is 5.01 Å². The number of hydrogen-bond acceptors (Lipinski definition) is 5. The Bertz CT molecular complexity index is 424. The van der Waals surface area contributed by atoms with E-state index in [1.807, 2.05) is 12.1 Å². The lowest BCUT2D eigenvalue weighted by Gasteiger charge is -2.08. The molecule has 1 unspecified atom stereocenters. The Balaban J connectivity index is 2.07. The molecule has 0 amide bonds. The Morgan fingerprint density at radius 2 is 2.38 bits per heavy atom. The summed E-state index contributed by atoms with van der Waals surface area (Å²) in [4.78, 5) is 0. The van der Waals surface area contributed by atoms with Crippen molar-refractivity contribution >= 4 is 11.3 Å². The van der Waals surface area contributed by atoms with E-state index in [2.05, 4.69) is 29.4 Å². The van der Waals surface area contributed by atoms with Crippen LogP contribution in [-0.4, -0.2) is 16.7 Å². The molecular formula is C11H15N3OS. The molecule has 2 aromatic rings. The first-order valence-corrected chi connectivity index (χ1v) is 6.23. The van der Waals surface area contributed by atoms with Crippen molar-refractivity contribution in [2.75, 3.05) is 6.54 Å². The highest BCUT2D eigenvalue weighted by Crippen LogP contribution is 2.26. The van der Waals surface area contributed by atoms with Gasteiger partial charge < -0.3 is 9.73 Å². The molecule has 5 heteroatoms. The lowest BCUT2D eigenvalue weighted by molar-refractivity contribution is 0.563. The molecule has 86 valence electrons. The Morgan fingerprint density at radius 3 is 3.06 bits per heavy atom. The van der Waals surface area contributed by atoms with Crippen molar-refractivity contribution in [3.63, 3.8) is 0 Å². The fourth-order valence-electron chi connectivity index (χ4n) is 1.36. The van der Waals surface area contributed by atoms with Crippen molar-refractivity contribution < 1.29 is 4.42 Å². The van der Waals surface area contributed by atoms with Crippen LogP contribution in [-0.2, 0) is 0 Å². The van der Waals surface area contributed by atoms with E-state index in [4.69, 9.17) is 4.42 Å². The molecule has 16 heavy (non-hydrogen) atoms. The SMILES string of the molecule is CCCNC(C)c1nnc(-c2ccco2)s1. The molecule has 0 radical (unpaired) electrons. The van der Waals surface area contributed by atoms with Crippen LogP contribution in [0.4, 0.5) is 0 Å². The van der Waals surface area contributed by atoms with E-state index < -0.39 is 0 Å². The number of hydrogen-bond donors (Lipinski definition) is 1. The van der Waals surface area contributed by atoms with Crippen LogP contribution in [0.2, 0.25) is 0 Å². The van der Waals surface area contributed by atoms with Gasteiger partial charge in [-0.25, -0.2) is 0 Å². The maximum absolute atomic E-state index is 5.28. The first kappa shape index (κ1) is 11.3. The maximum atomic E-state index is 5.28. The van der Waals surface area contributed by atoms with Crippen molar-refractivity contribution in [1.29, 1.82) is 0 Å². The van der Waals surface area contributed by atoms with Crippen LogP contribution in [0.3, 0.4) is 0 Å². The van der Waals surface area contributed by atoms with Gasteiger partial charge in [-0.15, -0.1) is 10.2 Å². The third-order valence-corrected chi connectivity index (χ3v) is 3.36. The van der Waals surface area contributed by atoms with Gasteiger partial charge in [0.25, 0.3) is 0 Å². The predicted octanol–water partition coefficient (Wildman–Crippen LogP) is 2.86. The first-order valence-electron chi connectivity index (χ1n) is 5.42. The summed E-state index contributed by atoms with van der Waals surface area (Å²) in [6.07, 6.45) is 2.77. The molecule has 0 saturated heterocycles. The van der Waals surface area contributed by atoms with Crippen LogP contribution in [0.25, 0.3) is 10.8 Å². The Morgan fingerprint density at radius 1 is 1.50 bits per heavy atom. The number of nitrogens with zero attached hydrogens (tertiary/aromatic N) is 2. The van der Waals surface area contributed by atoms with Gasteiger partial charge in [0.2, 0.25) is 0 Å². The summed E-state index contributed by atoms with van der Waals surface area (Å²) in [5, 5.41) is 13.5. The average molecular weight is 237 g/mol. The third kappa shape index (κ3) is 2.48. The van der Waals surface area contributed by atoms with Crippen LogP contribution in [0.5, 0.6) is 0 Å². The van der Waals surface area contributed by atoms with Gasteiger partial charge in [-0.05, 0) is 32.0 Å². The molecule has 0 aliphatic heterocycles. The second kappa shape index (κ2) is 5.23. The standard InChI is InChI=1S/C11H15N3OS/c1-3-6-12-8(2)10-13-14-11(16-10)9-5-4-7-15-9/h4-5,7-8,12H,3,6H2,1-2H3. The topological polar surface area (TPSA) is 51.0 Å². The Labute approximate surface area is 98.7 Å². The largest absolute Gasteiger partial charge is 0.462 e. The molecule has 0 spiro atoms. The fraction of sp³-hybridized carbons (Fsp3) is 0.455. The van der Waals surface area contributed by atoms with Gasteiger partial charge in [0.05, 0.1) is 12.3 Å². The molecule has 1 atom stereocenters. The van der Waals surface area contributed by atoms with Crippen LogP contribution < -0.4 is 5.32 Å². The second-order valence-electron chi connectivity index (χ2n) is 3.60. The summed E-state index contributed by atoms with van der Waals surface area (Å²) < 4.78 is 5.28. The molecule has 2 heterocycles. The van der Waals surface area contributed by atoms with Crippen molar-refractivity contribution in [2.24, 2.45) is 0 Å². The zero-order valence-corrected chi connectivity index (χ0v) is 10.3. The minimum Gasteiger partial charge on any atom is -0.462 e. The molecule has 0 aliphatic carbocycles. The molecule has 4 nitrogen and oxygen atoms in total. The van der Waals surface area contributed by atoms with Gasteiger partial charge in [-0.1, -0.05) is 18.3 Å². The zero-order chi connectivity index (χ0) is 11.4. The van der Waals surface area contributed by atoms with E-state index >= 15 is 0 Å². The average Bonchev–Trinajstić information content (AvgIpc) is 2.94. The predicted molar refractivity (Wildman–Crippen MR) is 64.3 cm³/mol. The molecule has 0 aromatic carbocycles. The van der Waals surface area contributed by atoms with Crippen LogP contribution in [0.15, 0.2) is 22.8 Å². The van der Waals surface area contributed by atoms with Crippen LogP contribution >= 0.6 is 11.3 Å². The Hall–Kier alpha value is -1.20. The van der Waals surface area contributed by atoms with Crippen molar-refractivity contribution in [2.45, 2.75) is 26.3 Å². The highest BCUT2D eigenvalue weighted by atomic mass is 32.1. The zero-order valence-electron chi connectivity index (χ0n) is 9.43. The normalized spacial score (nSPS) is 12.9. The first-order chi connectivity index (χ1) is 7.81. The number of aromatic nitrogens is 2.